The number of carboxylic acids is 1. The molecule has 0 bridgehead atoms. The number of aliphatic carboxylic acids is 1. The molecule has 6 nitrogen and oxygen atoms in total. The number of rotatable bonds is 3. The number of halogens is 3. The number of alkyl halides is 3. The molecule has 144 valence electrons. The van der Waals surface area contributed by atoms with Gasteiger partial charge in [-0.25, -0.2) is 4.68 Å². The van der Waals surface area contributed by atoms with E-state index in [1.807, 2.05) is 0 Å². The summed E-state index contributed by atoms with van der Waals surface area (Å²) in [5, 5.41) is 12.8. The molecule has 1 aliphatic heterocycles. The van der Waals surface area contributed by atoms with Crippen LogP contribution in [0.15, 0.2) is 36.5 Å². The quantitative estimate of drug-likeness (QED) is 0.886. The molecule has 1 aromatic heterocycles. The van der Waals surface area contributed by atoms with E-state index >= 15 is 0 Å². The number of amides is 1. The van der Waals surface area contributed by atoms with Crippen molar-refractivity contribution in [3.8, 4) is 5.69 Å². The fourth-order valence-electron chi connectivity index (χ4n) is 3.33. The average molecular weight is 381 g/mol. The topological polar surface area (TPSA) is 75.4 Å². The minimum Gasteiger partial charge on any atom is -0.481 e. The normalized spacial score (nSPS) is 20.5. The molecule has 2 aromatic rings. The van der Waals surface area contributed by atoms with Gasteiger partial charge in [0.2, 0.25) is 0 Å². The summed E-state index contributed by atoms with van der Waals surface area (Å²) in [6.45, 7) is 2.14. The van der Waals surface area contributed by atoms with E-state index in [9.17, 15) is 27.9 Å². The summed E-state index contributed by atoms with van der Waals surface area (Å²) in [6, 6.07) is 6.50. The molecular weight excluding hydrogens is 363 g/mol. The first-order valence-corrected chi connectivity index (χ1v) is 8.45. The molecule has 1 fully saturated rings. The summed E-state index contributed by atoms with van der Waals surface area (Å²) in [4.78, 5) is 25.7. The van der Waals surface area contributed by atoms with Crippen molar-refractivity contribution in [2.45, 2.75) is 32.0 Å². The van der Waals surface area contributed by atoms with Crippen LogP contribution in [0.4, 0.5) is 13.2 Å². The van der Waals surface area contributed by atoms with E-state index in [4.69, 9.17) is 0 Å². The fourth-order valence-corrected chi connectivity index (χ4v) is 3.33. The number of aromatic nitrogens is 2. The van der Waals surface area contributed by atoms with Crippen LogP contribution in [-0.2, 0) is 11.0 Å². The Labute approximate surface area is 153 Å². The molecule has 1 aromatic carbocycles. The summed E-state index contributed by atoms with van der Waals surface area (Å²) >= 11 is 0. The molecule has 1 saturated heterocycles. The Hall–Kier alpha value is -2.84. The van der Waals surface area contributed by atoms with Crippen LogP contribution in [0.3, 0.4) is 0 Å². The van der Waals surface area contributed by atoms with Gasteiger partial charge in [0.15, 0.2) is 5.69 Å². The lowest BCUT2D eigenvalue weighted by Crippen LogP contribution is -2.49. The van der Waals surface area contributed by atoms with Crippen LogP contribution in [0.5, 0.6) is 0 Å². The lowest BCUT2D eigenvalue weighted by atomic mass is 9.90. The molecule has 27 heavy (non-hydrogen) atoms. The largest absolute Gasteiger partial charge is 0.481 e. The van der Waals surface area contributed by atoms with Crippen molar-refractivity contribution in [2.24, 2.45) is 5.92 Å². The first-order chi connectivity index (χ1) is 12.7. The predicted octanol–water partition coefficient (Wildman–Crippen LogP) is 3.22. The van der Waals surface area contributed by atoms with Crippen LogP contribution in [0.1, 0.15) is 35.8 Å². The van der Waals surface area contributed by atoms with Crippen molar-refractivity contribution in [1.82, 2.24) is 14.7 Å². The highest BCUT2D eigenvalue weighted by atomic mass is 19.4. The minimum absolute atomic E-state index is 0.273. The smallest absolute Gasteiger partial charge is 0.435 e. The van der Waals surface area contributed by atoms with Gasteiger partial charge >= 0.3 is 12.1 Å². The maximum Gasteiger partial charge on any atom is 0.435 e. The monoisotopic (exact) mass is 381 g/mol. The molecule has 1 N–H and O–H groups in total. The number of nitrogens with zero attached hydrogens (tertiary/aromatic N) is 3. The van der Waals surface area contributed by atoms with Crippen molar-refractivity contribution in [3.05, 3.63) is 47.8 Å². The van der Waals surface area contributed by atoms with E-state index in [1.54, 1.807) is 25.1 Å². The number of benzene rings is 1. The molecule has 0 unspecified atom stereocenters. The Morgan fingerprint density at radius 2 is 2.00 bits per heavy atom. The second kappa shape index (κ2) is 7.05. The molecule has 0 spiro atoms. The van der Waals surface area contributed by atoms with E-state index in [-0.39, 0.29) is 11.5 Å². The molecule has 0 aliphatic carbocycles. The lowest BCUT2D eigenvalue weighted by Gasteiger charge is -2.37. The zero-order valence-electron chi connectivity index (χ0n) is 14.5. The van der Waals surface area contributed by atoms with Gasteiger partial charge in [-0.1, -0.05) is 6.07 Å². The van der Waals surface area contributed by atoms with Gasteiger partial charge in [0.05, 0.1) is 11.6 Å². The number of carboxylic acid groups (broad SMARTS) is 1. The highest BCUT2D eigenvalue weighted by Gasteiger charge is 2.36. The van der Waals surface area contributed by atoms with Gasteiger partial charge in [-0.15, -0.1) is 0 Å². The van der Waals surface area contributed by atoms with Gasteiger partial charge in [0.25, 0.3) is 5.91 Å². The number of likely N-dealkylation sites (tertiary alicyclic amines) is 1. The highest BCUT2D eigenvalue weighted by molar-refractivity contribution is 5.95. The zero-order valence-corrected chi connectivity index (χ0v) is 14.5. The maximum absolute atomic E-state index is 12.8. The van der Waals surface area contributed by atoms with Crippen LogP contribution >= 0.6 is 0 Å². The standard InChI is InChI=1S/C18H18F3N3O3/c1-11-14(17(26)27)6-3-8-23(11)16(25)12-4-2-5-13(10-12)24-9-7-15(22-24)18(19,20)21/h2,4-5,7,9-11,14H,3,6,8H2,1H3,(H,26,27)/t11-,14-/m1/s1. The Balaban J connectivity index is 1.86. The number of hydrogen-bond acceptors (Lipinski definition) is 3. The third kappa shape index (κ3) is 3.81. The summed E-state index contributed by atoms with van der Waals surface area (Å²) in [5.74, 6) is -1.92. The number of carbonyl (C=O) groups is 2. The molecule has 2 atom stereocenters. The molecular formula is C18H18F3N3O3. The fraction of sp³-hybridized carbons (Fsp3) is 0.389. The SMILES string of the molecule is C[C@@H]1[C@H](C(=O)O)CCCN1C(=O)c1cccc(-n2ccc(C(F)(F)F)n2)c1. The third-order valence-electron chi connectivity index (χ3n) is 4.80. The molecule has 9 heteroatoms. The first-order valence-electron chi connectivity index (χ1n) is 8.45. The summed E-state index contributed by atoms with van der Waals surface area (Å²) in [6.07, 6.45) is -2.28. The summed E-state index contributed by atoms with van der Waals surface area (Å²) < 4.78 is 39.2. The second-order valence-corrected chi connectivity index (χ2v) is 6.52. The molecule has 1 aliphatic rings. The van der Waals surface area contributed by atoms with Crippen molar-refractivity contribution in [3.63, 3.8) is 0 Å². The van der Waals surface area contributed by atoms with Gasteiger partial charge in [0, 0.05) is 24.3 Å². The Morgan fingerprint density at radius 1 is 1.26 bits per heavy atom. The Morgan fingerprint density at radius 3 is 2.63 bits per heavy atom. The van der Waals surface area contributed by atoms with E-state index in [0.29, 0.717) is 25.1 Å². The van der Waals surface area contributed by atoms with Crippen LogP contribution in [0.2, 0.25) is 0 Å². The molecule has 0 radical (unpaired) electrons. The maximum atomic E-state index is 12.8. The van der Waals surface area contributed by atoms with Crippen molar-refractivity contribution >= 4 is 11.9 Å². The third-order valence-corrected chi connectivity index (χ3v) is 4.80. The van der Waals surface area contributed by atoms with Gasteiger partial charge in [-0.3, -0.25) is 9.59 Å². The van der Waals surface area contributed by atoms with Gasteiger partial charge in [-0.05, 0) is 44.0 Å². The molecule has 3 rings (SSSR count). The van der Waals surface area contributed by atoms with Gasteiger partial charge < -0.3 is 10.0 Å². The van der Waals surface area contributed by atoms with Gasteiger partial charge in [0.1, 0.15) is 0 Å². The van der Waals surface area contributed by atoms with E-state index in [0.717, 1.165) is 10.7 Å². The van der Waals surface area contributed by atoms with Crippen molar-refractivity contribution in [2.75, 3.05) is 6.54 Å². The number of carbonyl (C=O) groups excluding carboxylic acids is 1. The van der Waals surface area contributed by atoms with E-state index in [2.05, 4.69) is 5.10 Å². The highest BCUT2D eigenvalue weighted by Crippen LogP contribution is 2.28. The Kier molecular flexibility index (Phi) is 4.95. The van der Waals surface area contributed by atoms with E-state index in [1.165, 1.54) is 17.2 Å². The molecule has 0 saturated carbocycles. The lowest BCUT2D eigenvalue weighted by molar-refractivity contribution is -0.145. The minimum atomic E-state index is -4.55. The van der Waals surface area contributed by atoms with Crippen LogP contribution in [0.25, 0.3) is 5.69 Å². The Bertz CT molecular complexity index is 863. The first kappa shape index (κ1) is 18.9. The van der Waals surface area contributed by atoms with Gasteiger partial charge in [-0.2, -0.15) is 18.3 Å². The van der Waals surface area contributed by atoms with Crippen molar-refractivity contribution < 1.29 is 27.9 Å². The second-order valence-electron chi connectivity index (χ2n) is 6.52. The summed E-state index contributed by atoms with van der Waals surface area (Å²) in [7, 11) is 0. The van der Waals surface area contributed by atoms with Crippen molar-refractivity contribution in [1.29, 1.82) is 0 Å². The van der Waals surface area contributed by atoms with Crippen LogP contribution in [0, 0.1) is 5.92 Å². The van der Waals surface area contributed by atoms with Crippen LogP contribution in [-0.4, -0.2) is 44.3 Å². The van der Waals surface area contributed by atoms with Crippen LogP contribution < -0.4 is 0 Å². The predicted molar refractivity (Wildman–Crippen MR) is 89.4 cm³/mol. The number of piperidine rings is 1. The van der Waals surface area contributed by atoms with E-state index < -0.39 is 29.8 Å². The number of hydrogen-bond donors (Lipinski definition) is 1. The average Bonchev–Trinajstić information content (AvgIpc) is 3.12. The zero-order chi connectivity index (χ0) is 19.8. The molecule has 2 heterocycles. The molecule has 1 amide bonds. The summed E-state index contributed by atoms with van der Waals surface area (Å²) in [5.41, 5.74) is -0.432.